The molecule has 1 N–H and O–H groups in total. The fourth-order valence-corrected chi connectivity index (χ4v) is 2.32. The second-order valence-electron chi connectivity index (χ2n) is 5.16. The third-order valence-corrected chi connectivity index (χ3v) is 3.48. The van der Waals surface area contributed by atoms with Gasteiger partial charge in [0.25, 0.3) is 0 Å². The normalized spacial score (nSPS) is 11.0. The van der Waals surface area contributed by atoms with Crippen LogP contribution >= 0.6 is 0 Å². The third-order valence-electron chi connectivity index (χ3n) is 3.48. The maximum absolute atomic E-state index is 13.6. The molecule has 124 valence electrons. The van der Waals surface area contributed by atoms with Gasteiger partial charge in [-0.3, -0.25) is 5.10 Å². The molecule has 2 aromatic heterocycles. The average Bonchev–Trinajstić information content (AvgIpc) is 3.01. The fourth-order valence-electron chi connectivity index (χ4n) is 2.32. The maximum atomic E-state index is 13.6. The largest absolute Gasteiger partial charge is 0.434 e. The first-order valence-electron chi connectivity index (χ1n) is 7.20. The zero-order valence-corrected chi connectivity index (χ0v) is 12.5. The first-order valence-corrected chi connectivity index (χ1v) is 7.20. The lowest BCUT2D eigenvalue weighted by atomic mass is 10.1. The first-order chi connectivity index (χ1) is 12.1. The van der Waals surface area contributed by atoms with Crippen molar-refractivity contribution in [2.45, 2.75) is 0 Å². The molecule has 0 radical (unpaired) electrons. The van der Waals surface area contributed by atoms with E-state index in [1.807, 2.05) is 0 Å². The van der Waals surface area contributed by atoms with Gasteiger partial charge in [-0.25, -0.2) is 18.2 Å². The summed E-state index contributed by atoms with van der Waals surface area (Å²) >= 11 is 0. The number of hydrogen-bond donors (Lipinski definition) is 1. The van der Waals surface area contributed by atoms with E-state index in [-0.39, 0.29) is 23.1 Å². The van der Waals surface area contributed by atoms with Crippen molar-refractivity contribution < 1.29 is 17.9 Å². The number of nitrogens with one attached hydrogen (secondary N) is 1. The van der Waals surface area contributed by atoms with Crippen LogP contribution in [0.5, 0.6) is 11.6 Å². The molecule has 0 unspecified atom stereocenters. The lowest BCUT2D eigenvalue weighted by Crippen LogP contribution is -1.93. The first kappa shape index (κ1) is 15.1. The Morgan fingerprint density at radius 1 is 0.920 bits per heavy atom. The van der Waals surface area contributed by atoms with Crippen LogP contribution in [0.25, 0.3) is 22.4 Å². The lowest BCUT2D eigenvalue weighted by molar-refractivity contribution is 0.423. The van der Waals surface area contributed by atoms with Crippen LogP contribution < -0.4 is 4.74 Å². The topological polar surface area (TPSA) is 63.7 Å². The summed E-state index contributed by atoms with van der Waals surface area (Å²) in [5.74, 6) is -2.08. The van der Waals surface area contributed by atoms with E-state index in [0.29, 0.717) is 22.8 Å². The van der Waals surface area contributed by atoms with E-state index in [0.717, 1.165) is 12.1 Å². The second-order valence-corrected chi connectivity index (χ2v) is 5.16. The molecule has 4 aromatic rings. The Morgan fingerprint density at radius 3 is 2.44 bits per heavy atom. The monoisotopic (exact) mass is 342 g/mol. The van der Waals surface area contributed by atoms with Gasteiger partial charge >= 0.3 is 0 Å². The van der Waals surface area contributed by atoms with Gasteiger partial charge in [0.1, 0.15) is 17.2 Å². The van der Waals surface area contributed by atoms with Crippen LogP contribution in [0.1, 0.15) is 0 Å². The highest BCUT2D eigenvalue weighted by atomic mass is 19.1. The highest BCUT2D eigenvalue weighted by Gasteiger charge is 2.13. The number of hydrogen-bond acceptors (Lipinski definition) is 4. The number of ether oxygens (including phenoxy) is 1. The third kappa shape index (κ3) is 2.89. The van der Waals surface area contributed by atoms with E-state index < -0.39 is 11.6 Å². The number of halogens is 3. The molecule has 2 heterocycles. The van der Waals surface area contributed by atoms with E-state index in [1.165, 1.54) is 18.3 Å². The highest BCUT2D eigenvalue weighted by molar-refractivity contribution is 5.87. The molecule has 5 nitrogen and oxygen atoms in total. The number of nitrogens with zero attached hydrogens (tertiary/aromatic N) is 3. The van der Waals surface area contributed by atoms with Gasteiger partial charge in [0, 0.05) is 11.6 Å². The molecular formula is C17H9F3N4O. The molecule has 0 spiro atoms. The van der Waals surface area contributed by atoms with Gasteiger partial charge in [-0.2, -0.15) is 10.1 Å². The highest BCUT2D eigenvalue weighted by Crippen LogP contribution is 2.27. The Labute approximate surface area is 139 Å². The summed E-state index contributed by atoms with van der Waals surface area (Å²) in [7, 11) is 0. The Bertz CT molecular complexity index is 1060. The van der Waals surface area contributed by atoms with E-state index in [9.17, 15) is 13.2 Å². The smallest absolute Gasteiger partial charge is 0.240 e. The predicted octanol–water partition coefficient (Wildman–Crippen LogP) is 4.23. The van der Waals surface area contributed by atoms with Gasteiger partial charge in [0.2, 0.25) is 11.5 Å². The van der Waals surface area contributed by atoms with Gasteiger partial charge in [-0.05, 0) is 36.4 Å². The van der Waals surface area contributed by atoms with Crippen molar-refractivity contribution in [3.63, 3.8) is 0 Å². The van der Waals surface area contributed by atoms with Crippen molar-refractivity contribution in [3.05, 3.63) is 66.1 Å². The number of rotatable bonds is 3. The molecule has 0 aliphatic heterocycles. The van der Waals surface area contributed by atoms with Crippen molar-refractivity contribution in [1.29, 1.82) is 0 Å². The molecule has 0 bridgehead atoms. The van der Waals surface area contributed by atoms with Crippen LogP contribution in [-0.2, 0) is 0 Å². The summed E-state index contributed by atoms with van der Waals surface area (Å²) < 4.78 is 44.9. The molecule has 8 heteroatoms. The van der Waals surface area contributed by atoms with Gasteiger partial charge in [0.05, 0.1) is 11.9 Å². The van der Waals surface area contributed by atoms with E-state index in [4.69, 9.17) is 4.74 Å². The van der Waals surface area contributed by atoms with Gasteiger partial charge < -0.3 is 4.74 Å². The van der Waals surface area contributed by atoms with E-state index in [2.05, 4.69) is 20.2 Å². The molecule has 0 aliphatic carbocycles. The van der Waals surface area contributed by atoms with Gasteiger partial charge in [0.15, 0.2) is 11.6 Å². The minimum atomic E-state index is -0.851. The summed E-state index contributed by atoms with van der Waals surface area (Å²) in [5, 5.41) is 6.81. The predicted molar refractivity (Wildman–Crippen MR) is 83.5 cm³/mol. The van der Waals surface area contributed by atoms with Crippen LogP contribution in [0.3, 0.4) is 0 Å². The number of benzene rings is 2. The van der Waals surface area contributed by atoms with Gasteiger partial charge in [-0.1, -0.05) is 0 Å². The van der Waals surface area contributed by atoms with Crippen LogP contribution in [0.4, 0.5) is 13.2 Å². The van der Waals surface area contributed by atoms with Crippen LogP contribution in [0, 0.1) is 17.5 Å². The van der Waals surface area contributed by atoms with Crippen molar-refractivity contribution in [2.75, 3.05) is 0 Å². The quantitative estimate of drug-likeness (QED) is 0.605. The standard InChI is InChI=1S/C17H9F3N4O/c18-10-3-1-9(2-4-10)15-16-17(24-23-15)22-14(8-21-16)25-13-6-5-11(19)7-12(13)20/h1-8H,(H,22,23,24). The number of aromatic nitrogens is 4. The molecule has 2 aromatic carbocycles. The summed E-state index contributed by atoms with van der Waals surface area (Å²) in [6.07, 6.45) is 1.30. The van der Waals surface area contributed by atoms with Crippen LogP contribution in [-0.4, -0.2) is 20.2 Å². The van der Waals surface area contributed by atoms with Crippen molar-refractivity contribution in [2.24, 2.45) is 0 Å². The molecule has 0 saturated carbocycles. The van der Waals surface area contributed by atoms with E-state index >= 15 is 0 Å². The Kier molecular flexibility index (Phi) is 3.57. The number of aromatic amines is 1. The molecule has 0 amide bonds. The van der Waals surface area contributed by atoms with Crippen molar-refractivity contribution in [1.82, 2.24) is 20.2 Å². The molecule has 0 fully saturated rings. The van der Waals surface area contributed by atoms with E-state index in [1.54, 1.807) is 12.1 Å². The molecule has 0 aliphatic rings. The summed E-state index contributed by atoms with van der Waals surface area (Å²) in [4.78, 5) is 8.35. The second kappa shape index (κ2) is 5.90. The SMILES string of the molecule is Fc1ccc(-c2[nH]nc3nc(Oc4ccc(F)cc4F)cnc23)cc1. The van der Waals surface area contributed by atoms with Crippen LogP contribution in [0.2, 0.25) is 0 Å². The Hall–Kier alpha value is -3.42. The fraction of sp³-hybridized carbons (Fsp3) is 0. The van der Waals surface area contributed by atoms with Crippen molar-refractivity contribution >= 4 is 11.2 Å². The zero-order chi connectivity index (χ0) is 17.4. The molecular weight excluding hydrogens is 333 g/mol. The number of H-pyrrole nitrogens is 1. The molecule has 25 heavy (non-hydrogen) atoms. The number of fused-ring (bicyclic) bond motifs is 1. The van der Waals surface area contributed by atoms with Gasteiger partial charge in [-0.15, -0.1) is 0 Å². The minimum absolute atomic E-state index is 0.00941. The van der Waals surface area contributed by atoms with Crippen LogP contribution in [0.15, 0.2) is 48.7 Å². The Balaban J connectivity index is 1.68. The molecule has 0 atom stereocenters. The molecule has 0 saturated heterocycles. The maximum Gasteiger partial charge on any atom is 0.240 e. The average molecular weight is 342 g/mol. The summed E-state index contributed by atoms with van der Waals surface area (Å²) in [6, 6.07) is 8.76. The Morgan fingerprint density at radius 2 is 1.68 bits per heavy atom. The molecule has 4 rings (SSSR count). The zero-order valence-electron chi connectivity index (χ0n) is 12.5. The summed E-state index contributed by atoms with van der Waals surface area (Å²) in [6.45, 7) is 0. The lowest BCUT2D eigenvalue weighted by Gasteiger charge is -2.05. The van der Waals surface area contributed by atoms with Crippen molar-refractivity contribution in [3.8, 4) is 22.9 Å². The minimum Gasteiger partial charge on any atom is -0.434 e. The summed E-state index contributed by atoms with van der Waals surface area (Å²) in [5.41, 5.74) is 1.97.